The molecule has 1 spiro atoms. The van der Waals surface area contributed by atoms with Crippen molar-refractivity contribution in [3.8, 4) is 0 Å². The molecular formula is C9H14O3. The average molecular weight is 170 g/mol. The van der Waals surface area contributed by atoms with Gasteiger partial charge in [-0.1, -0.05) is 0 Å². The van der Waals surface area contributed by atoms with Gasteiger partial charge in [-0.3, -0.25) is 4.79 Å². The molecule has 2 unspecified atom stereocenters. The summed E-state index contributed by atoms with van der Waals surface area (Å²) in [5, 5.41) is 0. The van der Waals surface area contributed by atoms with Gasteiger partial charge in [0.2, 0.25) is 0 Å². The van der Waals surface area contributed by atoms with E-state index in [1.165, 1.54) is 0 Å². The zero-order valence-electron chi connectivity index (χ0n) is 7.34. The minimum Gasteiger partial charge on any atom is -0.459 e. The van der Waals surface area contributed by atoms with E-state index in [1.807, 2.05) is 6.92 Å². The van der Waals surface area contributed by atoms with E-state index in [-0.39, 0.29) is 17.7 Å². The maximum absolute atomic E-state index is 11.0. The van der Waals surface area contributed by atoms with Crippen molar-refractivity contribution in [2.24, 2.45) is 0 Å². The first-order valence-corrected chi connectivity index (χ1v) is 4.54. The van der Waals surface area contributed by atoms with Crippen molar-refractivity contribution < 1.29 is 14.3 Å². The Bertz CT molecular complexity index is 202. The fourth-order valence-corrected chi connectivity index (χ4v) is 2.12. The Kier molecular flexibility index (Phi) is 1.83. The van der Waals surface area contributed by atoms with Crippen molar-refractivity contribution in [2.75, 3.05) is 6.61 Å². The third kappa shape index (κ3) is 1.33. The quantitative estimate of drug-likeness (QED) is 0.513. The summed E-state index contributed by atoms with van der Waals surface area (Å²) in [7, 11) is 0. The van der Waals surface area contributed by atoms with E-state index in [9.17, 15) is 4.79 Å². The SMILES string of the molecule is CC1CC2(CCO1)CCC(=O)O2. The molecule has 0 aliphatic carbocycles. The molecule has 0 saturated carbocycles. The van der Waals surface area contributed by atoms with E-state index < -0.39 is 0 Å². The van der Waals surface area contributed by atoms with Crippen molar-refractivity contribution in [2.45, 2.75) is 44.3 Å². The van der Waals surface area contributed by atoms with Gasteiger partial charge in [0, 0.05) is 19.3 Å². The maximum Gasteiger partial charge on any atom is 0.306 e. The molecule has 0 N–H and O–H groups in total. The summed E-state index contributed by atoms with van der Waals surface area (Å²) in [6, 6.07) is 0. The molecule has 3 heteroatoms. The first kappa shape index (κ1) is 8.05. The van der Waals surface area contributed by atoms with Crippen LogP contribution in [-0.2, 0) is 14.3 Å². The standard InChI is InChI=1S/C9H14O3/c1-7-6-9(4-5-11-7)3-2-8(10)12-9/h7H,2-6H2,1H3. The van der Waals surface area contributed by atoms with Crippen LogP contribution in [0.25, 0.3) is 0 Å². The molecule has 2 atom stereocenters. The Morgan fingerprint density at radius 3 is 2.92 bits per heavy atom. The van der Waals surface area contributed by atoms with Gasteiger partial charge in [0.05, 0.1) is 12.7 Å². The highest BCUT2D eigenvalue weighted by molar-refractivity contribution is 5.72. The molecule has 2 aliphatic heterocycles. The third-order valence-corrected chi connectivity index (χ3v) is 2.73. The molecule has 68 valence electrons. The van der Waals surface area contributed by atoms with Gasteiger partial charge >= 0.3 is 5.97 Å². The molecule has 2 heterocycles. The smallest absolute Gasteiger partial charge is 0.306 e. The lowest BCUT2D eigenvalue weighted by Crippen LogP contribution is -2.39. The van der Waals surface area contributed by atoms with E-state index in [1.54, 1.807) is 0 Å². The fourth-order valence-electron chi connectivity index (χ4n) is 2.12. The Balaban J connectivity index is 2.05. The summed E-state index contributed by atoms with van der Waals surface area (Å²) in [5.41, 5.74) is -0.158. The zero-order valence-corrected chi connectivity index (χ0v) is 7.34. The van der Waals surface area contributed by atoms with Crippen LogP contribution in [0.1, 0.15) is 32.6 Å². The minimum absolute atomic E-state index is 0.0379. The second kappa shape index (κ2) is 2.73. The van der Waals surface area contributed by atoms with Crippen molar-refractivity contribution in [3.05, 3.63) is 0 Å². The lowest BCUT2D eigenvalue weighted by Gasteiger charge is -2.35. The van der Waals surface area contributed by atoms with Crippen LogP contribution in [-0.4, -0.2) is 24.3 Å². The Morgan fingerprint density at radius 2 is 2.33 bits per heavy atom. The van der Waals surface area contributed by atoms with Crippen LogP contribution in [0.4, 0.5) is 0 Å². The van der Waals surface area contributed by atoms with Crippen molar-refractivity contribution >= 4 is 5.97 Å². The molecule has 2 aliphatic rings. The highest BCUT2D eigenvalue weighted by atomic mass is 16.6. The van der Waals surface area contributed by atoms with Crippen molar-refractivity contribution in [3.63, 3.8) is 0 Å². The Hall–Kier alpha value is -0.570. The lowest BCUT2D eigenvalue weighted by molar-refractivity contribution is -0.159. The number of carbonyl (C=O) groups is 1. The van der Waals surface area contributed by atoms with E-state index in [4.69, 9.17) is 9.47 Å². The first-order valence-electron chi connectivity index (χ1n) is 4.54. The van der Waals surface area contributed by atoms with Gasteiger partial charge in [0.25, 0.3) is 0 Å². The van der Waals surface area contributed by atoms with Gasteiger partial charge in [-0.25, -0.2) is 0 Å². The summed E-state index contributed by atoms with van der Waals surface area (Å²) in [5.74, 6) is -0.0379. The topological polar surface area (TPSA) is 35.5 Å². The molecule has 3 nitrogen and oxygen atoms in total. The number of rotatable bonds is 0. The molecule has 2 saturated heterocycles. The van der Waals surface area contributed by atoms with Gasteiger partial charge in [-0.05, 0) is 13.3 Å². The summed E-state index contributed by atoms with van der Waals surface area (Å²) < 4.78 is 10.7. The summed E-state index contributed by atoms with van der Waals surface area (Å²) >= 11 is 0. The predicted molar refractivity (Wildman–Crippen MR) is 42.7 cm³/mol. The molecule has 2 fully saturated rings. The van der Waals surface area contributed by atoms with Crippen LogP contribution >= 0.6 is 0 Å². The molecule has 0 bridgehead atoms. The van der Waals surface area contributed by atoms with Gasteiger partial charge < -0.3 is 9.47 Å². The number of hydrogen-bond donors (Lipinski definition) is 0. The normalized spacial score (nSPS) is 41.8. The van der Waals surface area contributed by atoms with Crippen LogP contribution in [0.5, 0.6) is 0 Å². The maximum atomic E-state index is 11.0. The molecule has 12 heavy (non-hydrogen) atoms. The highest BCUT2D eigenvalue weighted by Gasteiger charge is 2.43. The zero-order chi connectivity index (χ0) is 8.60. The number of ether oxygens (including phenoxy) is 2. The van der Waals surface area contributed by atoms with Gasteiger partial charge in [0.15, 0.2) is 0 Å². The molecule has 0 aromatic heterocycles. The summed E-state index contributed by atoms with van der Waals surface area (Å²) in [6.45, 7) is 2.77. The van der Waals surface area contributed by atoms with Gasteiger partial charge in [0.1, 0.15) is 5.60 Å². The average Bonchev–Trinajstić information content (AvgIpc) is 2.32. The number of carbonyl (C=O) groups excluding carboxylic acids is 1. The lowest BCUT2D eigenvalue weighted by atomic mass is 9.88. The van der Waals surface area contributed by atoms with Gasteiger partial charge in [-0.15, -0.1) is 0 Å². The molecule has 0 radical (unpaired) electrons. The Labute approximate surface area is 72.0 Å². The fraction of sp³-hybridized carbons (Fsp3) is 0.889. The minimum atomic E-state index is -0.158. The molecule has 2 rings (SSSR count). The number of hydrogen-bond acceptors (Lipinski definition) is 3. The van der Waals surface area contributed by atoms with E-state index in [0.29, 0.717) is 6.42 Å². The van der Waals surface area contributed by atoms with Crippen LogP contribution < -0.4 is 0 Å². The summed E-state index contributed by atoms with van der Waals surface area (Å²) in [6.07, 6.45) is 3.47. The van der Waals surface area contributed by atoms with Crippen LogP contribution in [0.15, 0.2) is 0 Å². The van der Waals surface area contributed by atoms with Crippen LogP contribution in [0.3, 0.4) is 0 Å². The largest absolute Gasteiger partial charge is 0.459 e. The molecule has 0 amide bonds. The number of esters is 1. The first-order chi connectivity index (χ1) is 5.70. The highest BCUT2D eigenvalue weighted by Crippen LogP contribution is 2.37. The second-order valence-corrected chi connectivity index (χ2v) is 3.79. The van der Waals surface area contributed by atoms with Gasteiger partial charge in [-0.2, -0.15) is 0 Å². The monoisotopic (exact) mass is 170 g/mol. The third-order valence-electron chi connectivity index (χ3n) is 2.73. The molecule has 0 aromatic carbocycles. The molecule has 0 aromatic rings. The van der Waals surface area contributed by atoms with Crippen LogP contribution in [0, 0.1) is 0 Å². The second-order valence-electron chi connectivity index (χ2n) is 3.79. The van der Waals surface area contributed by atoms with Crippen molar-refractivity contribution in [1.82, 2.24) is 0 Å². The van der Waals surface area contributed by atoms with E-state index in [2.05, 4.69) is 0 Å². The van der Waals surface area contributed by atoms with Crippen molar-refractivity contribution in [1.29, 1.82) is 0 Å². The van der Waals surface area contributed by atoms with E-state index >= 15 is 0 Å². The molecular weight excluding hydrogens is 156 g/mol. The van der Waals surface area contributed by atoms with E-state index in [0.717, 1.165) is 25.9 Å². The predicted octanol–water partition coefficient (Wildman–Crippen LogP) is 1.26. The summed E-state index contributed by atoms with van der Waals surface area (Å²) in [4.78, 5) is 11.0. The Morgan fingerprint density at radius 1 is 1.50 bits per heavy atom. The van der Waals surface area contributed by atoms with Crippen LogP contribution in [0.2, 0.25) is 0 Å².